The Labute approximate surface area is 88.4 Å². The van der Waals surface area contributed by atoms with Crippen LogP contribution in [0, 0.1) is 6.92 Å². The highest BCUT2D eigenvalue weighted by Crippen LogP contribution is 2.07. The van der Waals surface area contributed by atoms with Gasteiger partial charge in [0.05, 0.1) is 18.5 Å². The molecule has 0 bridgehead atoms. The molecule has 4 nitrogen and oxygen atoms in total. The fraction of sp³-hybridized carbons (Fsp3) is 0.273. The predicted molar refractivity (Wildman–Crippen MR) is 56.0 cm³/mol. The number of aryl methyl sites for hydroxylation is 1. The van der Waals surface area contributed by atoms with Gasteiger partial charge in [0, 0.05) is 12.7 Å². The van der Waals surface area contributed by atoms with Crippen molar-refractivity contribution in [1.29, 1.82) is 0 Å². The van der Waals surface area contributed by atoms with Crippen LogP contribution in [0.3, 0.4) is 0 Å². The van der Waals surface area contributed by atoms with Crippen molar-refractivity contribution >= 4 is 0 Å². The van der Waals surface area contributed by atoms with Gasteiger partial charge >= 0.3 is 0 Å². The molecule has 0 aliphatic rings. The van der Waals surface area contributed by atoms with E-state index in [-0.39, 0.29) is 0 Å². The highest BCUT2D eigenvalue weighted by molar-refractivity contribution is 5.14. The van der Waals surface area contributed by atoms with Gasteiger partial charge in [-0.1, -0.05) is 0 Å². The number of hydrogen-bond acceptors (Lipinski definition) is 4. The third kappa shape index (κ3) is 2.63. The van der Waals surface area contributed by atoms with Crippen molar-refractivity contribution < 1.29 is 4.42 Å². The molecule has 0 saturated heterocycles. The Bertz CT molecular complexity index is 411. The maximum Gasteiger partial charge on any atom is 0.120 e. The van der Waals surface area contributed by atoms with Crippen LogP contribution in [0.1, 0.15) is 17.0 Å². The molecule has 0 fully saturated rings. The highest BCUT2D eigenvalue weighted by atomic mass is 16.3. The van der Waals surface area contributed by atoms with Crippen molar-refractivity contribution in [2.45, 2.75) is 20.0 Å². The molecule has 0 atom stereocenters. The zero-order valence-corrected chi connectivity index (χ0v) is 8.60. The van der Waals surface area contributed by atoms with Crippen molar-refractivity contribution in [2.75, 3.05) is 0 Å². The van der Waals surface area contributed by atoms with Crippen LogP contribution in [0.5, 0.6) is 0 Å². The lowest BCUT2D eigenvalue weighted by atomic mass is 10.3. The lowest BCUT2D eigenvalue weighted by Crippen LogP contribution is -2.13. The lowest BCUT2D eigenvalue weighted by Gasteiger charge is -2.02. The number of aromatic nitrogens is 2. The van der Waals surface area contributed by atoms with E-state index in [1.54, 1.807) is 18.8 Å². The van der Waals surface area contributed by atoms with Crippen LogP contribution >= 0.6 is 0 Å². The summed E-state index contributed by atoms with van der Waals surface area (Å²) in [6, 6.07) is 3.85. The second-order valence-electron chi connectivity index (χ2n) is 3.33. The van der Waals surface area contributed by atoms with Crippen molar-refractivity contribution in [3.05, 3.63) is 47.9 Å². The quantitative estimate of drug-likeness (QED) is 0.821. The highest BCUT2D eigenvalue weighted by Gasteiger charge is 2.00. The molecule has 2 aromatic heterocycles. The molecule has 0 saturated carbocycles. The van der Waals surface area contributed by atoms with Crippen LogP contribution in [0.15, 0.2) is 35.3 Å². The van der Waals surface area contributed by atoms with Gasteiger partial charge in [-0.05, 0) is 24.6 Å². The first-order valence-corrected chi connectivity index (χ1v) is 4.85. The van der Waals surface area contributed by atoms with Crippen LogP contribution in [0.25, 0.3) is 0 Å². The number of nitrogens with one attached hydrogen (secondary N) is 1. The van der Waals surface area contributed by atoms with Crippen LogP contribution in [0.4, 0.5) is 0 Å². The largest absolute Gasteiger partial charge is 0.468 e. The smallest absolute Gasteiger partial charge is 0.120 e. The van der Waals surface area contributed by atoms with Gasteiger partial charge in [-0.25, -0.2) is 9.97 Å². The standard InChI is InChI=1S/C11H13N3O/c1-9-3-5-15-11(9)7-13-6-10-2-4-12-8-14-10/h2-5,8,13H,6-7H2,1H3. The molecule has 0 aliphatic heterocycles. The van der Waals surface area contributed by atoms with Crippen LogP contribution < -0.4 is 5.32 Å². The molecule has 0 amide bonds. The minimum atomic E-state index is 0.725. The third-order valence-electron chi connectivity index (χ3n) is 2.20. The first-order chi connectivity index (χ1) is 7.36. The van der Waals surface area contributed by atoms with E-state index in [0.717, 1.165) is 24.5 Å². The van der Waals surface area contributed by atoms with E-state index >= 15 is 0 Å². The van der Waals surface area contributed by atoms with Crippen molar-refractivity contribution in [3.8, 4) is 0 Å². The average Bonchev–Trinajstić information content (AvgIpc) is 2.66. The Hall–Kier alpha value is -1.68. The second-order valence-corrected chi connectivity index (χ2v) is 3.33. The summed E-state index contributed by atoms with van der Waals surface area (Å²) in [6.07, 6.45) is 4.99. The molecule has 78 valence electrons. The average molecular weight is 203 g/mol. The number of furan rings is 1. The van der Waals surface area contributed by atoms with Crippen molar-refractivity contribution in [2.24, 2.45) is 0 Å². The summed E-state index contributed by atoms with van der Waals surface area (Å²) in [5, 5.41) is 3.26. The molecule has 0 spiro atoms. The first-order valence-electron chi connectivity index (χ1n) is 4.85. The van der Waals surface area contributed by atoms with E-state index in [0.29, 0.717) is 0 Å². The van der Waals surface area contributed by atoms with Gasteiger partial charge in [-0.2, -0.15) is 0 Å². The van der Waals surface area contributed by atoms with E-state index in [2.05, 4.69) is 15.3 Å². The Morgan fingerprint density at radius 2 is 2.27 bits per heavy atom. The van der Waals surface area contributed by atoms with Crippen LogP contribution in [0.2, 0.25) is 0 Å². The molecular weight excluding hydrogens is 190 g/mol. The number of nitrogens with zero attached hydrogens (tertiary/aromatic N) is 2. The van der Waals surface area contributed by atoms with E-state index in [1.807, 2.05) is 19.1 Å². The molecule has 2 heterocycles. The van der Waals surface area contributed by atoms with Gasteiger partial charge in [-0.15, -0.1) is 0 Å². The maximum atomic E-state index is 5.31. The van der Waals surface area contributed by atoms with E-state index < -0.39 is 0 Å². The molecule has 2 aromatic rings. The second kappa shape index (κ2) is 4.70. The van der Waals surface area contributed by atoms with Crippen LogP contribution in [-0.4, -0.2) is 9.97 Å². The minimum Gasteiger partial charge on any atom is -0.468 e. The predicted octanol–water partition coefficient (Wildman–Crippen LogP) is 1.67. The van der Waals surface area contributed by atoms with Gasteiger partial charge in [0.1, 0.15) is 12.1 Å². The Morgan fingerprint density at radius 3 is 2.93 bits per heavy atom. The number of rotatable bonds is 4. The zero-order chi connectivity index (χ0) is 10.5. The number of hydrogen-bond donors (Lipinski definition) is 1. The van der Waals surface area contributed by atoms with Crippen LogP contribution in [-0.2, 0) is 13.1 Å². The molecular formula is C11H13N3O. The molecule has 0 unspecified atom stereocenters. The molecule has 0 aliphatic carbocycles. The van der Waals surface area contributed by atoms with E-state index in [1.165, 1.54) is 5.56 Å². The molecule has 1 N–H and O–H groups in total. The van der Waals surface area contributed by atoms with E-state index in [4.69, 9.17) is 4.42 Å². The summed E-state index contributed by atoms with van der Waals surface area (Å²) in [7, 11) is 0. The molecule has 0 aromatic carbocycles. The Morgan fingerprint density at radius 1 is 1.33 bits per heavy atom. The zero-order valence-electron chi connectivity index (χ0n) is 8.60. The lowest BCUT2D eigenvalue weighted by molar-refractivity contribution is 0.479. The molecule has 15 heavy (non-hydrogen) atoms. The molecule has 2 rings (SSSR count). The molecule has 4 heteroatoms. The van der Waals surface area contributed by atoms with Crippen molar-refractivity contribution in [3.63, 3.8) is 0 Å². The van der Waals surface area contributed by atoms with Crippen molar-refractivity contribution in [1.82, 2.24) is 15.3 Å². The Kier molecular flexibility index (Phi) is 3.09. The Balaban J connectivity index is 1.83. The fourth-order valence-electron chi connectivity index (χ4n) is 1.31. The summed E-state index contributed by atoms with van der Waals surface area (Å²) < 4.78 is 5.31. The summed E-state index contributed by atoms with van der Waals surface area (Å²) >= 11 is 0. The normalized spacial score (nSPS) is 10.5. The maximum absolute atomic E-state index is 5.31. The summed E-state index contributed by atoms with van der Waals surface area (Å²) in [6.45, 7) is 3.48. The fourth-order valence-corrected chi connectivity index (χ4v) is 1.31. The summed E-state index contributed by atoms with van der Waals surface area (Å²) in [4.78, 5) is 7.98. The summed E-state index contributed by atoms with van der Waals surface area (Å²) in [5.41, 5.74) is 2.15. The van der Waals surface area contributed by atoms with Gasteiger partial charge in [0.2, 0.25) is 0 Å². The van der Waals surface area contributed by atoms with Gasteiger partial charge in [0.15, 0.2) is 0 Å². The first kappa shape index (κ1) is 9.86. The SMILES string of the molecule is Cc1ccoc1CNCc1ccncn1. The third-order valence-corrected chi connectivity index (χ3v) is 2.20. The minimum absolute atomic E-state index is 0.725. The summed E-state index contributed by atoms with van der Waals surface area (Å²) in [5.74, 6) is 0.976. The van der Waals surface area contributed by atoms with E-state index in [9.17, 15) is 0 Å². The topological polar surface area (TPSA) is 51.0 Å². The van der Waals surface area contributed by atoms with Gasteiger partial charge in [0.25, 0.3) is 0 Å². The molecule has 0 radical (unpaired) electrons. The van der Waals surface area contributed by atoms with Gasteiger partial charge < -0.3 is 9.73 Å². The monoisotopic (exact) mass is 203 g/mol. The van der Waals surface area contributed by atoms with Gasteiger partial charge in [-0.3, -0.25) is 0 Å².